The van der Waals surface area contributed by atoms with Crippen LogP contribution in [0.5, 0.6) is 0 Å². The minimum atomic E-state index is -1.55. The van der Waals surface area contributed by atoms with E-state index in [-0.39, 0.29) is 17.9 Å². The fourth-order valence-electron chi connectivity index (χ4n) is 4.24. The van der Waals surface area contributed by atoms with Crippen molar-refractivity contribution in [2.75, 3.05) is 18.1 Å². The summed E-state index contributed by atoms with van der Waals surface area (Å²) in [7, 11) is -1.55. The zero-order valence-corrected chi connectivity index (χ0v) is 18.8. The monoisotopic (exact) mass is 460 g/mol. The van der Waals surface area contributed by atoms with E-state index in [0.717, 1.165) is 25.0 Å². The third kappa shape index (κ3) is 4.34. The van der Waals surface area contributed by atoms with Gasteiger partial charge in [0, 0.05) is 18.7 Å². The molecule has 6 nitrogen and oxygen atoms in total. The molecule has 2 heterocycles. The molecular weight excluding hydrogens is 436 g/mol. The van der Waals surface area contributed by atoms with Crippen LogP contribution in [0.1, 0.15) is 39.1 Å². The Hall–Kier alpha value is -3.29. The maximum Gasteiger partial charge on any atom is 0.259 e. The summed E-state index contributed by atoms with van der Waals surface area (Å²) in [5.74, 6) is -0.480. The number of carbonyl (C=O) groups excluding carboxylic acids is 2. The average molecular weight is 461 g/mol. The lowest BCUT2D eigenvalue weighted by molar-refractivity contribution is 0.0857. The van der Waals surface area contributed by atoms with E-state index in [1.165, 1.54) is 0 Å². The average Bonchev–Trinajstić information content (AvgIpc) is 3.36. The zero-order valence-electron chi connectivity index (χ0n) is 18.0. The van der Waals surface area contributed by atoms with Crippen molar-refractivity contribution in [3.05, 3.63) is 89.5 Å². The van der Waals surface area contributed by atoms with Crippen molar-refractivity contribution in [3.63, 3.8) is 0 Å². The van der Waals surface area contributed by atoms with E-state index in [1.54, 1.807) is 47.4 Å². The Labute approximate surface area is 195 Å². The first-order valence-corrected chi connectivity index (χ1v) is 12.2. The highest BCUT2D eigenvalue weighted by molar-refractivity contribution is 7.85. The van der Waals surface area contributed by atoms with Gasteiger partial charge in [0.1, 0.15) is 0 Å². The topological polar surface area (TPSA) is 75.7 Å². The summed E-state index contributed by atoms with van der Waals surface area (Å²) in [6.07, 6.45) is 1.97. The molecule has 0 spiro atoms. The van der Waals surface area contributed by atoms with Crippen LogP contribution in [0.25, 0.3) is 0 Å². The molecule has 0 saturated carbocycles. The smallest absolute Gasteiger partial charge is 0.259 e. The lowest BCUT2D eigenvalue weighted by Gasteiger charge is -2.23. The van der Waals surface area contributed by atoms with Crippen molar-refractivity contribution in [2.24, 2.45) is 0 Å². The second kappa shape index (κ2) is 9.29. The lowest BCUT2D eigenvalue weighted by atomic mass is 10.1. The minimum Gasteiger partial charge on any atom is -0.376 e. The van der Waals surface area contributed by atoms with Crippen LogP contribution in [0.2, 0.25) is 0 Å². The first-order chi connectivity index (χ1) is 16.1. The summed E-state index contributed by atoms with van der Waals surface area (Å²) in [6.45, 7) is 1.47. The highest BCUT2D eigenvalue weighted by Gasteiger charge is 2.31. The molecule has 0 radical (unpaired) electrons. The summed E-state index contributed by atoms with van der Waals surface area (Å²) < 4.78 is 19.1. The molecule has 2 aliphatic rings. The predicted molar refractivity (Wildman–Crippen MR) is 126 cm³/mol. The van der Waals surface area contributed by atoms with Crippen LogP contribution in [0, 0.1) is 0 Å². The molecule has 2 aliphatic heterocycles. The van der Waals surface area contributed by atoms with Crippen molar-refractivity contribution in [2.45, 2.75) is 35.3 Å². The van der Waals surface area contributed by atoms with Gasteiger partial charge in [-0.25, -0.2) is 4.21 Å². The highest BCUT2D eigenvalue weighted by Crippen LogP contribution is 2.36. The quantitative estimate of drug-likeness (QED) is 0.626. The van der Waals surface area contributed by atoms with Gasteiger partial charge in [0.05, 0.1) is 44.5 Å². The van der Waals surface area contributed by atoms with Crippen LogP contribution in [0.3, 0.4) is 0 Å². The second-order valence-electron chi connectivity index (χ2n) is 8.17. The van der Waals surface area contributed by atoms with Gasteiger partial charge in [-0.3, -0.25) is 9.59 Å². The fraction of sp³-hybridized carbons (Fsp3) is 0.231. The fourth-order valence-corrected chi connectivity index (χ4v) is 5.59. The number of nitrogens with zero attached hydrogens (tertiary/aromatic N) is 1. The number of benzene rings is 3. The van der Waals surface area contributed by atoms with E-state index in [9.17, 15) is 13.8 Å². The molecule has 168 valence electrons. The summed E-state index contributed by atoms with van der Waals surface area (Å²) in [4.78, 5) is 29.1. The van der Waals surface area contributed by atoms with Gasteiger partial charge < -0.3 is 15.0 Å². The molecule has 0 unspecified atom stereocenters. The third-order valence-corrected chi connectivity index (χ3v) is 7.47. The van der Waals surface area contributed by atoms with E-state index in [1.807, 2.05) is 30.3 Å². The minimum absolute atomic E-state index is 0.0351. The molecule has 1 N–H and O–H groups in total. The summed E-state index contributed by atoms with van der Waals surface area (Å²) in [5, 5.41) is 2.92. The Kier molecular flexibility index (Phi) is 6.07. The molecule has 0 aliphatic carbocycles. The number of rotatable bonds is 5. The maximum atomic E-state index is 13.6. The first-order valence-electron chi connectivity index (χ1n) is 11.0. The van der Waals surface area contributed by atoms with E-state index in [2.05, 4.69) is 5.32 Å². The largest absolute Gasteiger partial charge is 0.376 e. The van der Waals surface area contributed by atoms with E-state index < -0.39 is 10.8 Å². The van der Waals surface area contributed by atoms with Gasteiger partial charge in [-0.05, 0) is 48.7 Å². The number of fused-ring (bicyclic) bond motifs is 2. The van der Waals surface area contributed by atoms with Gasteiger partial charge in [0.25, 0.3) is 11.8 Å². The van der Waals surface area contributed by atoms with Gasteiger partial charge in [0.15, 0.2) is 0 Å². The molecule has 1 fully saturated rings. The van der Waals surface area contributed by atoms with Crippen LogP contribution in [0.15, 0.2) is 82.6 Å². The standard InChI is InChI=1S/C26H24N2O4S/c29-25(27-16-20-9-6-14-32-20)19-12-13-24-22(15-19)28(17-18-7-2-1-3-8-18)26(30)21-10-4-5-11-23(21)33(24)31/h1-5,7-8,10-13,15,20H,6,9,14,16-17H2,(H,27,29)/t20-,33-/m0/s1. The molecule has 2 amide bonds. The van der Waals surface area contributed by atoms with Crippen molar-refractivity contribution < 1.29 is 18.5 Å². The van der Waals surface area contributed by atoms with Gasteiger partial charge in [-0.1, -0.05) is 42.5 Å². The van der Waals surface area contributed by atoms with Crippen molar-refractivity contribution in [1.29, 1.82) is 0 Å². The van der Waals surface area contributed by atoms with Gasteiger partial charge in [0.2, 0.25) is 0 Å². The summed E-state index contributed by atoms with van der Waals surface area (Å²) in [6, 6.07) is 21.7. The van der Waals surface area contributed by atoms with Gasteiger partial charge in [-0.2, -0.15) is 0 Å². The Bertz CT molecular complexity index is 1220. The number of hydrogen-bond donors (Lipinski definition) is 1. The highest BCUT2D eigenvalue weighted by atomic mass is 32.2. The Balaban J connectivity index is 1.53. The molecule has 2 atom stereocenters. The molecular formula is C26H24N2O4S. The number of hydrogen-bond acceptors (Lipinski definition) is 4. The number of amides is 2. The van der Waals surface area contributed by atoms with Crippen LogP contribution in [-0.2, 0) is 22.1 Å². The zero-order chi connectivity index (χ0) is 22.8. The number of carbonyl (C=O) groups is 2. The molecule has 0 aromatic heterocycles. The Morgan fingerprint density at radius 3 is 2.61 bits per heavy atom. The second-order valence-corrected chi connectivity index (χ2v) is 9.59. The number of nitrogens with one attached hydrogen (secondary N) is 1. The SMILES string of the molecule is O=C(NC[C@@H]1CCCO1)c1ccc2c(c1)N(Cc1ccccc1)C(=O)c1ccccc1[S@@]2=O. The van der Waals surface area contributed by atoms with Gasteiger partial charge in [-0.15, -0.1) is 0 Å². The first kappa shape index (κ1) is 21.6. The lowest BCUT2D eigenvalue weighted by Crippen LogP contribution is -2.33. The van der Waals surface area contributed by atoms with Crippen molar-refractivity contribution >= 4 is 28.3 Å². The summed E-state index contributed by atoms with van der Waals surface area (Å²) in [5.41, 5.74) is 2.26. The van der Waals surface area contributed by atoms with Crippen molar-refractivity contribution in [3.8, 4) is 0 Å². The molecule has 3 aromatic rings. The van der Waals surface area contributed by atoms with Crippen LogP contribution >= 0.6 is 0 Å². The van der Waals surface area contributed by atoms with Crippen LogP contribution in [0.4, 0.5) is 5.69 Å². The predicted octanol–water partition coefficient (Wildman–Crippen LogP) is 3.92. The Morgan fingerprint density at radius 2 is 1.82 bits per heavy atom. The third-order valence-electron chi connectivity index (χ3n) is 5.97. The Morgan fingerprint density at radius 1 is 1.03 bits per heavy atom. The van der Waals surface area contributed by atoms with E-state index >= 15 is 0 Å². The van der Waals surface area contributed by atoms with E-state index in [4.69, 9.17) is 4.74 Å². The molecule has 7 heteroatoms. The molecule has 1 saturated heterocycles. The molecule has 3 aromatic carbocycles. The molecule has 5 rings (SSSR count). The maximum absolute atomic E-state index is 13.6. The van der Waals surface area contributed by atoms with Gasteiger partial charge >= 0.3 is 0 Å². The molecule has 33 heavy (non-hydrogen) atoms. The summed E-state index contributed by atoms with van der Waals surface area (Å²) >= 11 is 0. The normalized spacial score (nSPS) is 19.5. The van der Waals surface area contributed by atoms with Crippen molar-refractivity contribution in [1.82, 2.24) is 5.32 Å². The van der Waals surface area contributed by atoms with Crippen LogP contribution in [-0.4, -0.2) is 35.3 Å². The molecule has 0 bridgehead atoms. The van der Waals surface area contributed by atoms with E-state index in [0.29, 0.717) is 39.7 Å². The van der Waals surface area contributed by atoms with Crippen LogP contribution < -0.4 is 10.2 Å². The number of ether oxygens (including phenoxy) is 1. The number of anilines is 1.